The van der Waals surface area contributed by atoms with Gasteiger partial charge in [-0.2, -0.15) is 13.9 Å². The number of ether oxygens (including phenoxy) is 2. The number of hydrogen-bond acceptors (Lipinski definition) is 7. The van der Waals surface area contributed by atoms with Crippen LogP contribution in [0.1, 0.15) is 54.9 Å². The van der Waals surface area contributed by atoms with Gasteiger partial charge in [0.05, 0.1) is 19.4 Å². The monoisotopic (exact) mass is 569 g/mol. The minimum absolute atomic E-state index is 0.0824. The summed E-state index contributed by atoms with van der Waals surface area (Å²) < 4.78 is 68.7. The maximum atomic E-state index is 16.1. The molecule has 4 heterocycles. The Morgan fingerprint density at radius 3 is 2.71 bits per heavy atom. The molecule has 1 saturated heterocycles. The van der Waals surface area contributed by atoms with Gasteiger partial charge in [-0.1, -0.05) is 31.0 Å². The van der Waals surface area contributed by atoms with E-state index < -0.39 is 30.4 Å². The molecule has 1 fully saturated rings. The molecule has 1 N–H and O–H groups in total. The Morgan fingerprint density at radius 2 is 2.08 bits per heavy atom. The molecule has 5 rings (SSSR count). The number of benzene rings is 1. The van der Waals surface area contributed by atoms with Crippen molar-refractivity contribution < 1.29 is 27.0 Å². The molecule has 2 aliphatic rings. The molecular formula is C25H24ClF4N5O2S. The lowest BCUT2D eigenvalue weighted by Crippen LogP contribution is -2.46. The summed E-state index contributed by atoms with van der Waals surface area (Å²) in [6.07, 6.45) is 4.78. The van der Waals surface area contributed by atoms with Crippen LogP contribution in [0.5, 0.6) is 0 Å². The van der Waals surface area contributed by atoms with E-state index in [-0.39, 0.29) is 30.2 Å². The molecule has 13 heteroatoms. The maximum absolute atomic E-state index is 16.1. The standard InChI is InChI=1S/C25H24ClF4N5O2S/c1-2-3-19-36-12-25(30,13-37-19)9-18-20(14-10-32-35(11-14)24(28)29)21(16-5-4-15(27)8-17(16)26)34-22(33-18)23-31-6-7-38-23/h4-8,10-11,19,21,24H,2-3,9,12-13H2,1H3,(H,33,34)/t19?,21-,25?/m0/s1. The number of hydrogen-bond donors (Lipinski definition) is 1. The van der Waals surface area contributed by atoms with Gasteiger partial charge in [0, 0.05) is 46.1 Å². The highest BCUT2D eigenvalue weighted by molar-refractivity contribution is 7.11. The molecular weight excluding hydrogens is 546 g/mol. The average Bonchev–Trinajstić information content (AvgIpc) is 3.58. The van der Waals surface area contributed by atoms with E-state index >= 15 is 4.39 Å². The van der Waals surface area contributed by atoms with Gasteiger partial charge in [0.2, 0.25) is 0 Å². The number of nitrogens with zero attached hydrogens (tertiary/aromatic N) is 4. The summed E-state index contributed by atoms with van der Waals surface area (Å²) in [5.41, 5.74) is -0.497. The first-order chi connectivity index (χ1) is 18.3. The third-order valence-electron chi connectivity index (χ3n) is 6.20. The maximum Gasteiger partial charge on any atom is 0.333 e. The van der Waals surface area contributed by atoms with E-state index in [0.29, 0.717) is 38.8 Å². The lowest BCUT2D eigenvalue weighted by atomic mass is 9.88. The SMILES string of the molecule is CCCC1OCC(F)(CC2=C(c3cnn(C(F)F)c3)[C@H](c3ccc(F)cc3Cl)N=C(c3nccs3)N2)CO1. The molecule has 202 valence electrons. The van der Waals surface area contributed by atoms with Crippen molar-refractivity contribution >= 4 is 34.3 Å². The second-order valence-electron chi connectivity index (χ2n) is 9.06. The van der Waals surface area contributed by atoms with Gasteiger partial charge in [0.1, 0.15) is 11.9 Å². The smallest absolute Gasteiger partial charge is 0.333 e. The zero-order chi connectivity index (χ0) is 26.9. The zero-order valence-corrected chi connectivity index (χ0v) is 21.8. The Labute approximate surface area is 225 Å². The van der Waals surface area contributed by atoms with E-state index in [2.05, 4.69) is 15.4 Å². The fraction of sp³-hybridized carbons (Fsp3) is 0.400. The van der Waals surface area contributed by atoms with Crippen molar-refractivity contribution in [2.75, 3.05) is 13.2 Å². The van der Waals surface area contributed by atoms with Crippen LogP contribution in [-0.4, -0.2) is 45.8 Å². The normalized spacial score (nSPS) is 24.0. The molecule has 2 aliphatic heterocycles. The Balaban J connectivity index is 1.62. The summed E-state index contributed by atoms with van der Waals surface area (Å²) in [5.74, 6) is -0.204. The molecule has 0 aliphatic carbocycles. The molecule has 0 spiro atoms. The number of aliphatic imine (C=N–C) groups is 1. The first-order valence-electron chi connectivity index (χ1n) is 11.9. The molecule has 0 radical (unpaired) electrons. The second kappa shape index (κ2) is 11.1. The fourth-order valence-electron chi connectivity index (χ4n) is 4.45. The highest BCUT2D eigenvalue weighted by Gasteiger charge is 2.41. The van der Waals surface area contributed by atoms with Crippen molar-refractivity contribution in [3.8, 4) is 0 Å². The van der Waals surface area contributed by atoms with Gasteiger partial charge in [-0.05, 0) is 24.1 Å². The highest BCUT2D eigenvalue weighted by atomic mass is 35.5. The van der Waals surface area contributed by atoms with Crippen LogP contribution in [0.25, 0.3) is 5.57 Å². The number of amidine groups is 1. The predicted molar refractivity (Wildman–Crippen MR) is 135 cm³/mol. The summed E-state index contributed by atoms with van der Waals surface area (Å²) >= 11 is 7.75. The molecule has 1 aromatic carbocycles. The van der Waals surface area contributed by atoms with Gasteiger partial charge < -0.3 is 14.8 Å². The molecule has 0 unspecified atom stereocenters. The van der Waals surface area contributed by atoms with Crippen molar-refractivity contribution in [2.45, 2.75) is 50.7 Å². The molecule has 7 nitrogen and oxygen atoms in total. The van der Waals surface area contributed by atoms with Crippen LogP contribution in [0.4, 0.5) is 17.6 Å². The minimum atomic E-state index is -2.88. The zero-order valence-electron chi connectivity index (χ0n) is 20.2. The third-order valence-corrected chi connectivity index (χ3v) is 7.31. The van der Waals surface area contributed by atoms with Gasteiger partial charge in [-0.25, -0.2) is 18.4 Å². The van der Waals surface area contributed by atoms with E-state index in [1.54, 1.807) is 11.6 Å². The van der Waals surface area contributed by atoms with Crippen molar-refractivity contribution in [3.63, 3.8) is 0 Å². The first-order valence-corrected chi connectivity index (χ1v) is 13.2. The number of rotatable bonds is 8. The average molecular weight is 570 g/mol. The van der Waals surface area contributed by atoms with Gasteiger partial charge in [-0.3, -0.25) is 4.99 Å². The number of nitrogens with one attached hydrogen (secondary N) is 1. The van der Waals surface area contributed by atoms with Crippen molar-refractivity contribution in [1.82, 2.24) is 20.1 Å². The highest BCUT2D eigenvalue weighted by Crippen LogP contribution is 2.43. The van der Waals surface area contributed by atoms with Crippen LogP contribution in [0.15, 0.2) is 52.9 Å². The topological polar surface area (TPSA) is 73.6 Å². The van der Waals surface area contributed by atoms with Crippen LogP contribution < -0.4 is 5.32 Å². The number of aromatic nitrogens is 3. The van der Waals surface area contributed by atoms with Gasteiger partial charge >= 0.3 is 6.55 Å². The summed E-state index contributed by atoms with van der Waals surface area (Å²) in [6, 6.07) is 2.95. The molecule has 38 heavy (non-hydrogen) atoms. The molecule has 2 aromatic heterocycles. The number of thiazole rings is 1. The van der Waals surface area contributed by atoms with Crippen molar-refractivity contribution in [3.05, 3.63) is 74.8 Å². The van der Waals surface area contributed by atoms with Crippen LogP contribution in [-0.2, 0) is 9.47 Å². The van der Waals surface area contributed by atoms with E-state index in [1.165, 1.54) is 29.7 Å². The van der Waals surface area contributed by atoms with E-state index in [4.69, 9.17) is 26.1 Å². The molecule has 1 atom stereocenters. The van der Waals surface area contributed by atoms with Crippen LogP contribution in [0.3, 0.4) is 0 Å². The van der Waals surface area contributed by atoms with Gasteiger partial charge in [0.15, 0.2) is 22.8 Å². The van der Waals surface area contributed by atoms with Crippen molar-refractivity contribution in [2.24, 2.45) is 4.99 Å². The predicted octanol–water partition coefficient (Wildman–Crippen LogP) is 6.30. The van der Waals surface area contributed by atoms with Gasteiger partial charge in [0.25, 0.3) is 0 Å². The first kappa shape index (κ1) is 26.8. The largest absolute Gasteiger partial charge is 0.349 e. The molecule has 3 aromatic rings. The summed E-state index contributed by atoms with van der Waals surface area (Å²) in [7, 11) is 0. The Bertz CT molecular complexity index is 1340. The summed E-state index contributed by atoms with van der Waals surface area (Å²) in [5, 5.41) is 9.30. The third kappa shape index (κ3) is 5.63. The minimum Gasteiger partial charge on any atom is -0.349 e. The summed E-state index contributed by atoms with van der Waals surface area (Å²) in [6.45, 7) is -1.32. The Morgan fingerprint density at radius 1 is 1.29 bits per heavy atom. The number of halogens is 5. The van der Waals surface area contributed by atoms with E-state index in [0.717, 1.165) is 18.7 Å². The van der Waals surface area contributed by atoms with Crippen LogP contribution >= 0.6 is 22.9 Å². The van der Waals surface area contributed by atoms with Gasteiger partial charge in [-0.15, -0.1) is 11.3 Å². The molecule has 0 amide bonds. The van der Waals surface area contributed by atoms with Crippen LogP contribution in [0.2, 0.25) is 5.02 Å². The van der Waals surface area contributed by atoms with Crippen LogP contribution in [0, 0.1) is 5.82 Å². The molecule has 0 saturated carbocycles. The lowest BCUT2D eigenvalue weighted by molar-refractivity contribution is -0.234. The Kier molecular flexibility index (Phi) is 7.85. The van der Waals surface area contributed by atoms with E-state index in [9.17, 15) is 13.2 Å². The second-order valence-corrected chi connectivity index (χ2v) is 10.4. The molecule has 0 bridgehead atoms. The number of alkyl halides is 3. The Hall–Kier alpha value is -2.80. The summed E-state index contributed by atoms with van der Waals surface area (Å²) in [4.78, 5) is 9.09. The fourth-order valence-corrected chi connectivity index (χ4v) is 5.31. The van der Waals surface area contributed by atoms with Crippen molar-refractivity contribution in [1.29, 1.82) is 0 Å². The quantitative estimate of drug-likeness (QED) is 0.322. The number of allylic oxidation sites excluding steroid dienone is 1. The lowest BCUT2D eigenvalue weighted by Gasteiger charge is -2.37. The van der Waals surface area contributed by atoms with E-state index in [1.807, 2.05) is 6.92 Å².